The lowest BCUT2D eigenvalue weighted by molar-refractivity contribution is 0.0536. The van der Waals surface area contributed by atoms with Crippen LogP contribution in [0.4, 0.5) is 29.3 Å². The highest BCUT2D eigenvalue weighted by Crippen LogP contribution is 2.35. The van der Waals surface area contributed by atoms with E-state index in [0.717, 1.165) is 16.7 Å². The summed E-state index contributed by atoms with van der Waals surface area (Å²) in [4.78, 5) is 62.2. The standard InChI is InChI=1S/C47H62FN9O9/c1-44(2,3)63-40(58)50-38(51-41(59)64-45(4,5)6)56-22-18-28(19-23-56)30-14-16-32(34(48)26-30)36-54-55-37(62-36)33-17-15-31(27-35(33)49-13)29-20-24-57(25-21-29)39(52-42(60)65-46(7,8)9)53-43(61)66-47(10,11)12/h14-18,20,26-27,49H,19,21-25H2,1-13H3,(H,50,51,58,59)(H,52,53,60,61). The largest absolute Gasteiger partial charge is 0.444 e. The molecular formula is C47H62FN9O9. The summed E-state index contributed by atoms with van der Waals surface area (Å²) in [5.74, 6) is -0.385. The molecule has 0 aliphatic carbocycles. The highest BCUT2D eigenvalue weighted by molar-refractivity contribution is 6.00. The van der Waals surface area contributed by atoms with E-state index in [1.54, 1.807) is 112 Å². The van der Waals surface area contributed by atoms with Crippen molar-refractivity contribution in [3.8, 4) is 22.9 Å². The fraction of sp³-hybridized carbons (Fsp3) is 0.489. The number of halogens is 1. The van der Waals surface area contributed by atoms with E-state index in [0.29, 0.717) is 49.3 Å². The van der Waals surface area contributed by atoms with Crippen LogP contribution in [0.2, 0.25) is 0 Å². The number of anilines is 1. The van der Waals surface area contributed by atoms with Crippen LogP contribution in [-0.2, 0) is 18.9 Å². The molecule has 0 bridgehead atoms. The van der Waals surface area contributed by atoms with Crippen molar-refractivity contribution in [1.82, 2.24) is 30.6 Å². The van der Waals surface area contributed by atoms with E-state index >= 15 is 4.39 Å². The Morgan fingerprint density at radius 1 is 0.621 bits per heavy atom. The van der Waals surface area contributed by atoms with Crippen molar-refractivity contribution in [3.05, 3.63) is 65.5 Å². The van der Waals surface area contributed by atoms with Crippen LogP contribution in [-0.4, -0.2) is 112 Å². The minimum absolute atomic E-state index is 0.000821. The molecule has 1 aromatic heterocycles. The van der Waals surface area contributed by atoms with Gasteiger partial charge in [0, 0.05) is 38.9 Å². The minimum Gasteiger partial charge on any atom is -0.444 e. The molecule has 0 saturated carbocycles. The Labute approximate surface area is 385 Å². The van der Waals surface area contributed by atoms with Crippen molar-refractivity contribution < 1.29 is 46.9 Å². The Kier molecular flexibility index (Phi) is 15.3. The molecule has 3 aromatic rings. The average Bonchev–Trinajstić information content (AvgIpc) is 3.67. The van der Waals surface area contributed by atoms with Gasteiger partial charge in [0.15, 0.2) is 0 Å². The van der Waals surface area contributed by atoms with E-state index in [-0.39, 0.29) is 35.8 Å². The monoisotopic (exact) mass is 915 g/mol. The molecule has 0 unspecified atom stereocenters. The summed E-state index contributed by atoms with van der Waals surface area (Å²) in [5.41, 5.74) is 1.73. The van der Waals surface area contributed by atoms with Gasteiger partial charge in [-0.3, -0.25) is 10.6 Å². The van der Waals surface area contributed by atoms with Crippen LogP contribution in [0.25, 0.3) is 34.1 Å². The summed E-state index contributed by atoms with van der Waals surface area (Å²) >= 11 is 0. The number of amides is 4. The molecule has 2 aliphatic heterocycles. The van der Waals surface area contributed by atoms with Gasteiger partial charge < -0.3 is 38.5 Å². The second-order valence-corrected chi connectivity index (χ2v) is 19.6. The summed E-state index contributed by atoms with van der Waals surface area (Å²) in [6.45, 7) is 22.1. The Bertz CT molecular complexity index is 2430. The quantitative estimate of drug-likeness (QED) is 0.124. The Morgan fingerprint density at radius 3 is 1.41 bits per heavy atom. The molecule has 0 radical (unpaired) electrons. The smallest absolute Gasteiger partial charge is 0.437 e. The first-order valence-corrected chi connectivity index (χ1v) is 21.6. The van der Waals surface area contributed by atoms with Crippen molar-refractivity contribution in [3.63, 3.8) is 0 Å². The average molecular weight is 916 g/mol. The topological polar surface area (TPSA) is 211 Å². The SMILES string of the molecule is CNc1cc(C2=CCN(C(=NC(=O)OC(C)(C)C)NC(=O)OC(C)(C)C)CC2)ccc1-c1nnc(-c2ccc(C3=CCN(C(=NC(=O)OC(C)(C)C)NC(=O)OC(C)(C)C)CC3)cc2F)o1. The lowest BCUT2D eigenvalue weighted by Crippen LogP contribution is -2.48. The third-order valence-corrected chi connectivity index (χ3v) is 9.31. The maximum atomic E-state index is 15.8. The maximum absolute atomic E-state index is 15.8. The van der Waals surface area contributed by atoms with Crippen LogP contribution in [0.3, 0.4) is 0 Å². The van der Waals surface area contributed by atoms with Gasteiger partial charge in [-0.2, -0.15) is 0 Å². The van der Waals surface area contributed by atoms with Crippen LogP contribution in [0.1, 0.15) is 107 Å². The fourth-order valence-corrected chi connectivity index (χ4v) is 6.60. The Balaban J connectivity index is 1.29. The van der Waals surface area contributed by atoms with Gasteiger partial charge in [-0.25, -0.2) is 23.6 Å². The van der Waals surface area contributed by atoms with Gasteiger partial charge >= 0.3 is 24.4 Å². The molecule has 66 heavy (non-hydrogen) atoms. The van der Waals surface area contributed by atoms with Gasteiger partial charge in [0.1, 0.15) is 28.2 Å². The zero-order valence-electron chi connectivity index (χ0n) is 40.1. The normalized spacial score (nSPS) is 15.3. The molecule has 2 aromatic carbocycles. The number of alkyl carbamates (subject to hydrolysis) is 2. The predicted molar refractivity (Wildman–Crippen MR) is 249 cm³/mol. The number of nitrogens with zero attached hydrogens (tertiary/aromatic N) is 6. The lowest BCUT2D eigenvalue weighted by atomic mass is 9.97. The number of aromatic nitrogens is 2. The van der Waals surface area contributed by atoms with Crippen LogP contribution >= 0.6 is 0 Å². The summed E-state index contributed by atoms with van der Waals surface area (Å²) in [6.07, 6.45) is 1.61. The van der Waals surface area contributed by atoms with E-state index < -0.39 is 52.6 Å². The molecule has 2 aliphatic rings. The predicted octanol–water partition coefficient (Wildman–Crippen LogP) is 9.39. The second-order valence-electron chi connectivity index (χ2n) is 19.6. The van der Waals surface area contributed by atoms with Crippen LogP contribution in [0, 0.1) is 5.82 Å². The number of rotatable bonds is 5. The van der Waals surface area contributed by atoms with Crippen LogP contribution < -0.4 is 16.0 Å². The first-order chi connectivity index (χ1) is 30.6. The summed E-state index contributed by atoms with van der Waals surface area (Å²) in [7, 11) is 1.77. The number of ether oxygens (including phenoxy) is 4. The first-order valence-electron chi connectivity index (χ1n) is 21.6. The van der Waals surface area contributed by atoms with Gasteiger partial charge in [-0.05, 0) is 142 Å². The molecule has 0 spiro atoms. The van der Waals surface area contributed by atoms with Gasteiger partial charge in [0.2, 0.25) is 17.8 Å². The number of benzene rings is 2. The lowest BCUT2D eigenvalue weighted by Gasteiger charge is -2.30. The number of hydrogen-bond donors (Lipinski definition) is 3. The number of guanidine groups is 2. The van der Waals surface area contributed by atoms with Gasteiger partial charge in [0.25, 0.3) is 5.89 Å². The summed E-state index contributed by atoms with van der Waals surface area (Å²) < 4.78 is 43.4. The van der Waals surface area contributed by atoms with E-state index in [4.69, 9.17) is 23.4 Å². The molecule has 18 nitrogen and oxygen atoms in total. The number of carbonyl (C=O) groups excluding carboxylic acids is 4. The van der Waals surface area contributed by atoms with Crippen LogP contribution in [0.15, 0.2) is 63.0 Å². The van der Waals surface area contributed by atoms with E-state index in [1.165, 1.54) is 6.07 Å². The highest BCUT2D eigenvalue weighted by atomic mass is 19.1. The van der Waals surface area contributed by atoms with Gasteiger partial charge in [0.05, 0.1) is 11.1 Å². The molecule has 4 amide bonds. The van der Waals surface area contributed by atoms with Crippen molar-refractivity contribution >= 4 is 53.1 Å². The molecule has 3 heterocycles. The van der Waals surface area contributed by atoms with Crippen LogP contribution in [0.5, 0.6) is 0 Å². The number of aliphatic imine (C=N–C) groups is 2. The zero-order chi connectivity index (χ0) is 48.8. The zero-order valence-corrected chi connectivity index (χ0v) is 40.1. The molecule has 0 saturated heterocycles. The number of carbonyl (C=O) groups is 4. The van der Waals surface area contributed by atoms with Crippen molar-refractivity contribution in [2.45, 2.75) is 118 Å². The number of nitrogens with one attached hydrogen (secondary N) is 3. The third kappa shape index (κ3) is 14.9. The minimum atomic E-state index is -0.869. The maximum Gasteiger partial charge on any atom is 0.437 e. The third-order valence-electron chi connectivity index (χ3n) is 9.31. The van der Waals surface area contributed by atoms with E-state index in [1.807, 2.05) is 30.4 Å². The Hall–Kier alpha value is -6.79. The first kappa shape index (κ1) is 50.2. The van der Waals surface area contributed by atoms with Gasteiger partial charge in [-0.15, -0.1) is 20.2 Å². The van der Waals surface area contributed by atoms with Crippen molar-refractivity contribution in [2.24, 2.45) is 9.98 Å². The molecule has 0 fully saturated rings. The summed E-state index contributed by atoms with van der Waals surface area (Å²) in [5, 5.41) is 16.8. The molecule has 3 N–H and O–H groups in total. The van der Waals surface area contributed by atoms with Gasteiger partial charge in [-0.1, -0.05) is 24.3 Å². The van der Waals surface area contributed by atoms with Crippen molar-refractivity contribution in [1.29, 1.82) is 0 Å². The molecule has 0 atom stereocenters. The van der Waals surface area contributed by atoms with E-state index in [2.05, 4.69) is 36.1 Å². The second kappa shape index (κ2) is 20.2. The van der Waals surface area contributed by atoms with E-state index in [9.17, 15) is 19.2 Å². The molecule has 19 heteroatoms. The Morgan fingerprint density at radius 2 is 1.03 bits per heavy atom. The molecule has 356 valence electrons. The highest BCUT2D eigenvalue weighted by Gasteiger charge is 2.28. The summed E-state index contributed by atoms with van der Waals surface area (Å²) in [6, 6.07) is 10.5. The van der Waals surface area contributed by atoms with Crippen molar-refractivity contribution in [2.75, 3.05) is 38.5 Å². The number of hydrogen-bond acceptors (Lipinski definition) is 12. The molecule has 5 rings (SSSR count). The molecular weight excluding hydrogens is 854 g/mol. The fourth-order valence-electron chi connectivity index (χ4n) is 6.60.